The molecule has 80 valence electrons. The van der Waals surface area contributed by atoms with Crippen molar-refractivity contribution in [3.05, 3.63) is 16.1 Å². The first-order chi connectivity index (χ1) is 6.63. The van der Waals surface area contributed by atoms with Crippen LogP contribution >= 0.6 is 11.3 Å². The highest BCUT2D eigenvalue weighted by atomic mass is 32.1. The maximum atomic E-state index is 9.79. The van der Waals surface area contributed by atoms with Crippen molar-refractivity contribution in [1.82, 2.24) is 4.98 Å². The highest BCUT2D eigenvalue weighted by Gasteiger charge is 2.13. The minimum atomic E-state index is -0.411. The van der Waals surface area contributed by atoms with E-state index in [2.05, 4.69) is 18.8 Å². The van der Waals surface area contributed by atoms with Crippen LogP contribution < -0.4 is 5.73 Å². The molecule has 0 saturated heterocycles. The Bertz CT molecular complexity index is 273. The molecule has 1 heterocycles. The normalized spacial score (nSPS) is 13.5. The monoisotopic (exact) mass is 214 g/mol. The fraction of sp³-hybridized carbons (Fsp3) is 0.700. The van der Waals surface area contributed by atoms with Crippen molar-refractivity contribution < 1.29 is 5.11 Å². The molecule has 0 aliphatic heterocycles. The Labute approximate surface area is 89.0 Å². The summed E-state index contributed by atoms with van der Waals surface area (Å²) < 4.78 is 0. The van der Waals surface area contributed by atoms with Crippen molar-refractivity contribution in [1.29, 1.82) is 0 Å². The van der Waals surface area contributed by atoms with Crippen molar-refractivity contribution in [2.45, 2.75) is 32.8 Å². The van der Waals surface area contributed by atoms with Gasteiger partial charge in [-0.15, -0.1) is 11.3 Å². The second-order valence-corrected chi connectivity index (χ2v) is 4.75. The summed E-state index contributed by atoms with van der Waals surface area (Å²) in [6.07, 6.45) is 1.16. The van der Waals surface area contributed by atoms with Crippen LogP contribution in [0.25, 0.3) is 0 Å². The molecular weight excluding hydrogens is 196 g/mol. The third-order valence-corrected chi connectivity index (χ3v) is 2.94. The summed E-state index contributed by atoms with van der Waals surface area (Å²) in [5.41, 5.74) is 6.42. The Morgan fingerprint density at radius 1 is 1.57 bits per heavy atom. The highest BCUT2D eigenvalue weighted by Crippen LogP contribution is 2.24. The Morgan fingerprint density at radius 3 is 2.86 bits per heavy atom. The first-order valence-corrected chi connectivity index (χ1v) is 5.84. The number of hydrogen-bond acceptors (Lipinski definition) is 4. The molecule has 4 heteroatoms. The molecule has 0 amide bonds. The maximum absolute atomic E-state index is 9.79. The fourth-order valence-electron chi connectivity index (χ4n) is 1.29. The van der Waals surface area contributed by atoms with Gasteiger partial charge < -0.3 is 10.8 Å². The predicted octanol–water partition coefficient (Wildman–Crippen LogP) is 1.72. The van der Waals surface area contributed by atoms with Crippen LogP contribution in [0.1, 0.15) is 37.1 Å². The van der Waals surface area contributed by atoms with Gasteiger partial charge in [-0.3, -0.25) is 0 Å². The summed E-state index contributed by atoms with van der Waals surface area (Å²) >= 11 is 1.52. The third-order valence-electron chi connectivity index (χ3n) is 1.95. The number of aliphatic hydroxyl groups excluding tert-OH is 1. The van der Waals surface area contributed by atoms with Crippen LogP contribution in [0.2, 0.25) is 0 Å². The minimum Gasteiger partial charge on any atom is -0.386 e. The maximum Gasteiger partial charge on any atom is 0.121 e. The molecule has 0 bridgehead atoms. The Balaban J connectivity index is 2.57. The quantitative estimate of drug-likeness (QED) is 0.784. The molecule has 3 nitrogen and oxygen atoms in total. The van der Waals surface area contributed by atoms with Crippen LogP contribution in [0.3, 0.4) is 0 Å². The van der Waals surface area contributed by atoms with Gasteiger partial charge in [0.05, 0.1) is 5.69 Å². The second kappa shape index (κ2) is 5.44. The van der Waals surface area contributed by atoms with E-state index in [1.165, 1.54) is 11.3 Å². The standard InChI is InChI=1S/C10H18N2OS/c1-7(2)5-9(13)10-12-8(3-4-11)6-14-10/h6-7,9,13H,3-5,11H2,1-2H3. The Hall–Kier alpha value is -0.450. The molecule has 0 aromatic carbocycles. The molecule has 3 N–H and O–H groups in total. The smallest absolute Gasteiger partial charge is 0.121 e. The van der Waals surface area contributed by atoms with Crippen molar-refractivity contribution in [2.24, 2.45) is 11.7 Å². The van der Waals surface area contributed by atoms with Crippen LogP contribution in [0, 0.1) is 5.92 Å². The number of aliphatic hydroxyl groups is 1. The summed E-state index contributed by atoms with van der Waals surface area (Å²) in [4.78, 5) is 4.34. The van der Waals surface area contributed by atoms with E-state index >= 15 is 0 Å². The van der Waals surface area contributed by atoms with E-state index in [4.69, 9.17) is 5.73 Å². The van der Waals surface area contributed by atoms with E-state index in [1.54, 1.807) is 0 Å². The molecule has 1 rings (SSSR count). The molecule has 1 aromatic heterocycles. The average molecular weight is 214 g/mol. The second-order valence-electron chi connectivity index (χ2n) is 3.86. The highest BCUT2D eigenvalue weighted by molar-refractivity contribution is 7.09. The van der Waals surface area contributed by atoms with Crippen LogP contribution in [-0.2, 0) is 6.42 Å². The van der Waals surface area contributed by atoms with Gasteiger partial charge in [0.1, 0.15) is 11.1 Å². The van der Waals surface area contributed by atoms with Gasteiger partial charge in [-0.25, -0.2) is 4.98 Å². The third kappa shape index (κ3) is 3.36. The minimum absolute atomic E-state index is 0.411. The number of thiazole rings is 1. The molecule has 0 aliphatic rings. The Morgan fingerprint density at radius 2 is 2.29 bits per heavy atom. The van der Waals surface area contributed by atoms with E-state index in [0.717, 1.165) is 23.5 Å². The van der Waals surface area contributed by atoms with Gasteiger partial charge in [0, 0.05) is 11.8 Å². The summed E-state index contributed by atoms with van der Waals surface area (Å²) in [6.45, 7) is 4.80. The van der Waals surface area contributed by atoms with Crippen molar-refractivity contribution >= 4 is 11.3 Å². The van der Waals surface area contributed by atoms with Gasteiger partial charge in [-0.1, -0.05) is 13.8 Å². The van der Waals surface area contributed by atoms with Crippen LogP contribution in [0.5, 0.6) is 0 Å². The summed E-state index contributed by atoms with van der Waals surface area (Å²) in [7, 11) is 0. The van der Waals surface area contributed by atoms with Crippen molar-refractivity contribution in [2.75, 3.05) is 6.54 Å². The number of hydrogen-bond donors (Lipinski definition) is 2. The van der Waals surface area contributed by atoms with E-state index in [1.807, 2.05) is 5.38 Å². The molecule has 0 spiro atoms. The Kier molecular flexibility index (Phi) is 4.51. The first kappa shape index (κ1) is 11.6. The molecule has 1 atom stereocenters. The largest absolute Gasteiger partial charge is 0.386 e. The van der Waals surface area contributed by atoms with E-state index < -0.39 is 6.10 Å². The predicted molar refractivity (Wildman–Crippen MR) is 59.3 cm³/mol. The molecular formula is C10H18N2OS. The van der Waals surface area contributed by atoms with E-state index in [0.29, 0.717) is 12.5 Å². The summed E-state index contributed by atoms with van der Waals surface area (Å²) in [5, 5.41) is 12.6. The van der Waals surface area contributed by atoms with Crippen molar-refractivity contribution in [3.63, 3.8) is 0 Å². The number of nitrogens with two attached hydrogens (primary N) is 1. The van der Waals surface area contributed by atoms with Crippen molar-refractivity contribution in [3.8, 4) is 0 Å². The first-order valence-electron chi connectivity index (χ1n) is 4.96. The SMILES string of the molecule is CC(C)CC(O)c1nc(CCN)cs1. The van der Waals surface area contributed by atoms with Gasteiger partial charge in [-0.05, 0) is 18.9 Å². The topological polar surface area (TPSA) is 59.1 Å². The van der Waals surface area contributed by atoms with Gasteiger partial charge >= 0.3 is 0 Å². The molecule has 0 aliphatic carbocycles. The summed E-state index contributed by atoms with van der Waals surface area (Å²) in [5.74, 6) is 0.492. The van der Waals surface area contributed by atoms with Gasteiger partial charge in [0.15, 0.2) is 0 Å². The molecule has 0 saturated carbocycles. The van der Waals surface area contributed by atoms with Crippen LogP contribution in [0.15, 0.2) is 5.38 Å². The molecule has 0 fully saturated rings. The van der Waals surface area contributed by atoms with Gasteiger partial charge in [-0.2, -0.15) is 0 Å². The lowest BCUT2D eigenvalue weighted by molar-refractivity contribution is 0.150. The molecule has 0 radical (unpaired) electrons. The molecule has 1 aromatic rings. The zero-order valence-electron chi connectivity index (χ0n) is 8.73. The molecule has 14 heavy (non-hydrogen) atoms. The number of nitrogens with zero attached hydrogens (tertiary/aromatic N) is 1. The lowest BCUT2D eigenvalue weighted by Gasteiger charge is -2.09. The van der Waals surface area contributed by atoms with E-state index in [9.17, 15) is 5.11 Å². The van der Waals surface area contributed by atoms with Gasteiger partial charge in [0.25, 0.3) is 0 Å². The lowest BCUT2D eigenvalue weighted by atomic mass is 10.1. The van der Waals surface area contributed by atoms with E-state index in [-0.39, 0.29) is 0 Å². The average Bonchev–Trinajstić information content (AvgIpc) is 2.52. The zero-order valence-corrected chi connectivity index (χ0v) is 9.55. The summed E-state index contributed by atoms with van der Waals surface area (Å²) in [6, 6.07) is 0. The lowest BCUT2D eigenvalue weighted by Crippen LogP contribution is -2.04. The van der Waals surface area contributed by atoms with Crippen LogP contribution in [-0.4, -0.2) is 16.6 Å². The molecule has 1 unspecified atom stereocenters. The van der Waals surface area contributed by atoms with Crippen LogP contribution in [0.4, 0.5) is 0 Å². The zero-order chi connectivity index (χ0) is 10.6. The number of aromatic nitrogens is 1. The number of rotatable bonds is 5. The van der Waals surface area contributed by atoms with Gasteiger partial charge in [0.2, 0.25) is 0 Å². The fourth-order valence-corrected chi connectivity index (χ4v) is 2.14.